The first-order chi connectivity index (χ1) is 18.7. The third-order valence-electron chi connectivity index (χ3n) is 7.00. The zero-order valence-corrected chi connectivity index (χ0v) is 25.8. The molecule has 0 radical (unpaired) electrons. The number of rotatable bonds is 13. The van der Waals surface area contributed by atoms with Gasteiger partial charge in [0.05, 0.1) is 24.8 Å². The molecular weight excluding hydrogens is 521 g/mol. The highest BCUT2D eigenvalue weighted by Gasteiger charge is 2.44. The molecule has 0 spiro atoms. The van der Waals surface area contributed by atoms with E-state index in [9.17, 15) is 9.83 Å². The summed E-state index contributed by atoms with van der Waals surface area (Å²) in [6.45, 7) is 13.3. The fourth-order valence-electron chi connectivity index (χ4n) is 4.83. The largest absolute Gasteiger partial charge is 0.543 e. The van der Waals surface area contributed by atoms with Crippen LogP contribution in [0.1, 0.15) is 58.2 Å². The number of benzene rings is 3. The van der Waals surface area contributed by atoms with Crippen molar-refractivity contribution in [3.8, 4) is 22.9 Å². The maximum Gasteiger partial charge on any atom is 0.354 e. The highest BCUT2D eigenvalue weighted by Crippen LogP contribution is 2.50. The molecule has 0 heterocycles. The van der Waals surface area contributed by atoms with E-state index in [1.807, 2.05) is 48.5 Å². The quantitative estimate of drug-likeness (QED) is 0.154. The molecule has 3 aromatic rings. The lowest BCUT2D eigenvalue weighted by molar-refractivity contribution is 0.229. The molecule has 0 N–H and O–H groups in total. The Morgan fingerprint density at radius 2 is 1.46 bits per heavy atom. The summed E-state index contributed by atoms with van der Waals surface area (Å²) >= 11 is 0. The normalized spacial score (nSPS) is 12.3. The molecule has 0 bridgehead atoms. The minimum atomic E-state index is -3.24. The van der Waals surface area contributed by atoms with Crippen molar-refractivity contribution < 1.29 is 18.0 Å². The van der Waals surface area contributed by atoms with Gasteiger partial charge in [-0.3, -0.25) is 4.57 Å². The van der Waals surface area contributed by atoms with E-state index in [1.54, 1.807) is 19.9 Å². The van der Waals surface area contributed by atoms with Crippen LogP contribution in [-0.2, 0) is 19.7 Å². The zero-order chi connectivity index (χ0) is 28.5. The minimum Gasteiger partial charge on any atom is -0.543 e. The molecule has 0 saturated carbocycles. The summed E-state index contributed by atoms with van der Waals surface area (Å²) in [5, 5.41) is 9.49. The Morgan fingerprint density at radius 1 is 0.872 bits per heavy atom. The third-order valence-corrected chi connectivity index (χ3v) is 14.2. The first kappa shape index (κ1) is 30.6. The van der Waals surface area contributed by atoms with E-state index >= 15 is 0 Å². The second-order valence-corrected chi connectivity index (χ2v) is 16.8. The Kier molecular flexibility index (Phi) is 10.9. The van der Waals surface area contributed by atoms with E-state index in [0.29, 0.717) is 29.9 Å². The van der Waals surface area contributed by atoms with Crippen molar-refractivity contribution in [2.45, 2.75) is 58.7 Å². The summed E-state index contributed by atoms with van der Waals surface area (Å²) in [5.74, 6) is 2.37. The third kappa shape index (κ3) is 7.81. The standard InChI is InChI=1S/C32H40NO4PSi/c1-7-35-38(34,36-8-2)22-21-27-15-19-31(20-16-27)37-39(25(3)4,26(5)6)24-28-13-17-29(18-14-28)32-12-10-9-11-30(32)23-33/h9-22,25-26H,7-8,24H2,1-6H3/b22-21+. The van der Waals surface area contributed by atoms with Crippen molar-refractivity contribution in [1.29, 1.82) is 5.26 Å². The Labute approximate surface area is 235 Å². The predicted molar refractivity (Wildman–Crippen MR) is 163 cm³/mol. The van der Waals surface area contributed by atoms with Crippen LogP contribution >= 0.6 is 7.60 Å². The van der Waals surface area contributed by atoms with Crippen LogP contribution in [0.5, 0.6) is 5.75 Å². The average molecular weight is 562 g/mol. The Bertz CT molecular complexity index is 1310. The van der Waals surface area contributed by atoms with E-state index < -0.39 is 15.9 Å². The molecule has 3 aromatic carbocycles. The number of nitrogens with zero attached hydrogens (tertiary/aromatic N) is 1. The lowest BCUT2D eigenvalue weighted by Crippen LogP contribution is -2.50. The molecule has 0 aliphatic rings. The van der Waals surface area contributed by atoms with Gasteiger partial charge in [0.1, 0.15) is 5.75 Å². The fraction of sp³-hybridized carbons (Fsp3) is 0.344. The number of hydrogen-bond acceptors (Lipinski definition) is 5. The summed E-state index contributed by atoms with van der Waals surface area (Å²) in [7, 11) is -5.53. The van der Waals surface area contributed by atoms with Crippen molar-refractivity contribution in [2.24, 2.45) is 0 Å². The monoisotopic (exact) mass is 561 g/mol. The van der Waals surface area contributed by atoms with E-state index in [4.69, 9.17) is 13.5 Å². The van der Waals surface area contributed by atoms with Gasteiger partial charge in [-0.2, -0.15) is 5.26 Å². The first-order valence-electron chi connectivity index (χ1n) is 13.6. The van der Waals surface area contributed by atoms with Crippen molar-refractivity contribution in [3.05, 3.63) is 95.3 Å². The fourth-order valence-corrected chi connectivity index (χ4v) is 10.3. The van der Waals surface area contributed by atoms with Crippen LogP contribution in [0.2, 0.25) is 11.1 Å². The molecule has 0 aromatic heterocycles. The molecule has 3 rings (SSSR count). The van der Waals surface area contributed by atoms with E-state index in [2.05, 4.69) is 58.0 Å². The highest BCUT2D eigenvalue weighted by molar-refractivity contribution is 7.57. The summed E-state index contributed by atoms with van der Waals surface area (Å²) < 4.78 is 30.4. The van der Waals surface area contributed by atoms with Gasteiger partial charge in [-0.05, 0) is 71.5 Å². The maximum absolute atomic E-state index is 12.7. The first-order valence-corrected chi connectivity index (χ1v) is 17.5. The van der Waals surface area contributed by atoms with Gasteiger partial charge in [0.2, 0.25) is 0 Å². The van der Waals surface area contributed by atoms with Crippen molar-refractivity contribution in [2.75, 3.05) is 13.2 Å². The van der Waals surface area contributed by atoms with Gasteiger partial charge in [-0.25, -0.2) is 0 Å². The van der Waals surface area contributed by atoms with E-state index in [0.717, 1.165) is 28.5 Å². The minimum absolute atomic E-state index is 0.321. The zero-order valence-electron chi connectivity index (χ0n) is 23.9. The summed E-state index contributed by atoms with van der Waals surface area (Å²) in [6.07, 6.45) is 1.78. The van der Waals surface area contributed by atoms with Crippen LogP contribution in [0.25, 0.3) is 17.2 Å². The van der Waals surface area contributed by atoms with Gasteiger partial charge < -0.3 is 13.5 Å². The van der Waals surface area contributed by atoms with Crippen LogP contribution in [0.15, 0.2) is 78.6 Å². The number of nitriles is 1. The lowest BCUT2D eigenvalue weighted by atomic mass is 10.00. The Hall–Kier alpha value is -2.94. The van der Waals surface area contributed by atoms with Crippen LogP contribution < -0.4 is 4.43 Å². The van der Waals surface area contributed by atoms with Gasteiger partial charge in [-0.15, -0.1) is 0 Å². The Balaban J connectivity index is 1.82. The lowest BCUT2D eigenvalue weighted by Gasteiger charge is -2.39. The second kappa shape index (κ2) is 13.9. The molecule has 0 aliphatic heterocycles. The molecule has 206 valence electrons. The molecule has 0 atom stereocenters. The molecule has 0 unspecified atom stereocenters. The molecule has 0 amide bonds. The highest BCUT2D eigenvalue weighted by atomic mass is 31.2. The average Bonchev–Trinajstić information content (AvgIpc) is 2.92. The van der Waals surface area contributed by atoms with Crippen molar-refractivity contribution in [1.82, 2.24) is 0 Å². The smallest absolute Gasteiger partial charge is 0.354 e. The molecule has 0 aliphatic carbocycles. The van der Waals surface area contributed by atoms with Gasteiger partial charge >= 0.3 is 7.60 Å². The molecule has 7 heteroatoms. The van der Waals surface area contributed by atoms with Crippen LogP contribution in [0.3, 0.4) is 0 Å². The summed E-state index contributed by atoms with van der Waals surface area (Å²) in [4.78, 5) is 0. The van der Waals surface area contributed by atoms with Crippen molar-refractivity contribution in [3.63, 3.8) is 0 Å². The van der Waals surface area contributed by atoms with E-state index in [-0.39, 0.29) is 0 Å². The summed E-state index contributed by atoms with van der Waals surface area (Å²) in [6, 6.07) is 27.3. The van der Waals surface area contributed by atoms with Gasteiger partial charge in [0.25, 0.3) is 8.32 Å². The van der Waals surface area contributed by atoms with Gasteiger partial charge in [-0.1, -0.05) is 82.3 Å². The van der Waals surface area contributed by atoms with E-state index in [1.165, 1.54) is 11.4 Å². The van der Waals surface area contributed by atoms with Crippen LogP contribution in [0.4, 0.5) is 0 Å². The SMILES string of the molecule is CCOP(=O)(/C=C/c1ccc(O[Si](Cc2ccc(-c3ccccc3C#N)cc2)(C(C)C)C(C)C)cc1)OCC. The molecule has 39 heavy (non-hydrogen) atoms. The molecular formula is C32H40NO4PSi. The van der Waals surface area contributed by atoms with Crippen molar-refractivity contribution >= 4 is 22.0 Å². The predicted octanol–water partition coefficient (Wildman–Crippen LogP) is 9.39. The van der Waals surface area contributed by atoms with Crippen LogP contribution in [0, 0.1) is 11.3 Å². The van der Waals surface area contributed by atoms with Crippen LogP contribution in [-0.4, -0.2) is 21.5 Å². The summed E-state index contributed by atoms with van der Waals surface area (Å²) in [5.41, 5.74) is 5.59. The Morgan fingerprint density at radius 3 is 2.00 bits per heavy atom. The number of hydrogen-bond donors (Lipinski definition) is 0. The topological polar surface area (TPSA) is 68.5 Å². The van der Waals surface area contributed by atoms with Gasteiger partial charge in [0.15, 0.2) is 0 Å². The second-order valence-electron chi connectivity index (χ2n) is 10.2. The van der Waals surface area contributed by atoms with Gasteiger partial charge in [0, 0.05) is 11.9 Å². The molecule has 0 fully saturated rings. The molecule has 0 saturated heterocycles. The molecule has 5 nitrogen and oxygen atoms in total. The maximum atomic E-state index is 12.7.